The number of aromatic nitrogens is 1. The summed E-state index contributed by atoms with van der Waals surface area (Å²) in [5, 5.41) is 2.94. The Morgan fingerprint density at radius 2 is 1.87 bits per heavy atom. The average Bonchev–Trinajstić information content (AvgIpc) is 3.37. The van der Waals surface area contributed by atoms with Crippen molar-refractivity contribution < 1.29 is 23.5 Å². The lowest BCUT2D eigenvalue weighted by atomic mass is 10.1. The van der Waals surface area contributed by atoms with Gasteiger partial charge >= 0.3 is 0 Å². The van der Waals surface area contributed by atoms with E-state index >= 15 is 0 Å². The van der Waals surface area contributed by atoms with E-state index in [0.717, 1.165) is 48.9 Å². The summed E-state index contributed by atoms with van der Waals surface area (Å²) in [4.78, 5) is 39.3. The summed E-state index contributed by atoms with van der Waals surface area (Å²) >= 11 is 4.30. The lowest BCUT2D eigenvalue weighted by Crippen LogP contribution is -2.36. The lowest BCUT2D eigenvalue weighted by Gasteiger charge is -2.12. The second-order valence-electron chi connectivity index (χ2n) is 8.88. The summed E-state index contributed by atoms with van der Waals surface area (Å²) in [5.41, 5.74) is 3.15. The van der Waals surface area contributed by atoms with E-state index in [0.29, 0.717) is 18.8 Å². The van der Waals surface area contributed by atoms with Crippen LogP contribution in [0.5, 0.6) is 5.75 Å². The van der Waals surface area contributed by atoms with Crippen molar-refractivity contribution in [2.24, 2.45) is 0 Å². The molecule has 2 heterocycles. The molecule has 10 heteroatoms. The number of para-hydroxylation sites is 1. The summed E-state index contributed by atoms with van der Waals surface area (Å²) in [6.07, 6.45) is 3.60. The molecule has 1 aliphatic heterocycles. The number of carbonyl (C=O) groups excluding carboxylic acids is 3. The first-order chi connectivity index (χ1) is 18.8. The largest absolute Gasteiger partial charge is 0.491 e. The van der Waals surface area contributed by atoms with Crippen LogP contribution in [0.25, 0.3) is 17.0 Å². The molecule has 0 unspecified atom stereocenters. The van der Waals surface area contributed by atoms with Crippen LogP contribution in [0.15, 0.2) is 82.3 Å². The molecule has 4 aromatic rings. The highest BCUT2D eigenvalue weighted by atomic mass is 79.9. The monoisotopic (exact) mass is 607 g/mol. The molecule has 0 spiro atoms. The molecular formula is C29H23BrFN3O4S. The smallest absolute Gasteiger partial charge is 0.294 e. The van der Waals surface area contributed by atoms with Crippen LogP contribution in [0.3, 0.4) is 0 Å². The number of ether oxygens (including phenoxy) is 1. The fourth-order valence-electron chi connectivity index (χ4n) is 4.22. The molecule has 3 amide bonds. The Labute approximate surface area is 236 Å². The van der Waals surface area contributed by atoms with Crippen LogP contribution >= 0.6 is 27.7 Å². The number of aryl methyl sites for hydroxylation is 1. The van der Waals surface area contributed by atoms with E-state index in [1.165, 1.54) is 24.3 Å². The van der Waals surface area contributed by atoms with Gasteiger partial charge in [-0.15, -0.1) is 0 Å². The van der Waals surface area contributed by atoms with Gasteiger partial charge in [0.2, 0.25) is 5.91 Å². The van der Waals surface area contributed by atoms with Crippen LogP contribution in [-0.4, -0.2) is 39.7 Å². The number of fused-ring (bicyclic) bond motifs is 1. The van der Waals surface area contributed by atoms with Crippen molar-refractivity contribution in [3.63, 3.8) is 0 Å². The van der Waals surface area contributed by atoms with Crippen molar-refractivity contribution in [2.45, 2.75) is 13.5 Å². The minimum Gasteiger partial charge on any atom is -0.491 e. The van der Waals surface area contributed by atoms with Crippen molar-refractivity contribution >= 4 is 67.4 Å². The number of nitrogens with one attached hydrogen (secondary N) is 1. The third-order valence-electron chi connectivity index (χ3n) is 6.15. The van der Waals surface area contributed by atoms with E-state index in [-0.39, 0.29) is 4.91 Å². The number of rotatable bonds is 8. The van der Waals surface area contributed by atoms with Crippen LogP contribution in [0.2, 0.25) is 0 Å². The minimum atomic E-state index is -0.556. The summed E-state index contributed by atoms with van der Waals surface area (Å²) in [6.45, 7) is 2.58. The van der Waals surface area contributed by atoms with Gasteiger partial charge in [-0.1, -0.05) is 34.1 Å². The molecule has 1 fully saturated rings. The fourth-order valence-corrected chi connectivity index (χ4v) is 5.41. The maximum Gasteiger partial charge on any atom is 0.294 e. The molecule has 0 saturated carbocycles. The van der Waals surface area contributed by atoms with Crippen LogP contribution in [-0.2, 0) is 16.1 Å². The summed E-state index contributed by atoms with van der Waals surface area (Å²) in [7, 11) is 0. The number of thioether (sulfide) groups is 1. The number of hydrogen-bond donors (Lipinski definition) is 1. The molecule has 5 rings (SSSR count). The van der Waals surface area contributed by atoms with Crippen molar-refractivity contribution in [1.82, 2.24) is 9.47 Å². The number of imide groups is 1. The highest BCUT2D eigenvalue weighted by molar-refractivity contribution is 9.10. The lowest BCUT2D eigenvalue weighted by molar-refractivity contribution is -0.127. The molecule has 0 aliphatic carbocycles. The zero-order valence-corrected chi connectivity index (χ0v) is 23.2. The first-order valence-corrected chi connectivity index (χ1v) is 13.7. The Morgan fingerprint density at radius 3 is 2.64 bits per heavy atom. The second-order valence-corrected chi connectivity index (χ2v) is 10.8. The zero-order valence-electron chi connectivity index (χ0n) is 20.8. The summed E-state index contributed by atoms with van der Waals surface area (Å²) in [5.74, 6) is -0.706. The molecule has 0 radical (unpaired) electrons. The molecule has 7 nitrogen and oxygen atoms in total. The van der Waals surface area contributed by atoms with Crippen molar-refractivity contribution in [1.29, 1.82) is 0 Å². The second kappa shape index (κ2) is 11.5. The number of benzene rings is 3. The third kappa shape index (κ3) is 6.07. The van der Waals surface area contributed by atoms with E-state index in [1.54, 1.807) is 6.08 Å². The Bertz CT molecular complexity index is 1620. The van der Waals surface area contributed by atoms with Gasteiger partial charge in [-0.25, -0.2) is 4.39 Å². The average molecular weight is 608 g/mol. The predicted octanol–water partition coefficient (Wildman–Crippen LogP) is 6.61. The Balaban J connectivity index is 1.33. The standard InChI is InChI=1S/C29H23BrFN3O4S/c1-18-4-2-3-5-25(18)38-13-12-33-16-19(23-15-20(30)6-11-24(23)33)14-26-28(36)34(29(37)39-26)17-27(35)32-22-9-7-21(31)8-10-22/h2-11,14-16H,12-13,17H2,1H3,(H,32,35)/b26-14-. The first kappa shape index (κ1) is 26.7. The number of anilines is 1. The van der Waals surface area contributed by atoms with Gasteiger partial charge in [0.1, 0.15) is 24.7 Å². The number of halogens is 2. The molecule has 39 heavy (non-hydrogen) atoms. The van der Waals surface area contributed by atoms with E-state index in [1.807, 2.05) is 60.2 Å². The third-order valence-corrected chi connectivity index (χ3v) is 7.55. The maximum atomic E-state index is 13.1. The fraction of sp³-hybridized carbons (Fsp3) is 0.138. The number of hydrogen-bond acceptors (Lipinski definition) is 5. The van der Waals surface area contributed by atoms with Gasteiger partial charge in [-0.05, 0) is 78.9 Å². The van der Waals surface area contributed by atoms with Gasteiger partial charge in [0.25, 0.3) is 11.1 Å². The summed E-state index contributed by atoms with van der Waals surface area (Å²) < 4.78 is 22.0. The molecule has 1 N–H and O–H groups in total. The van der Waals surface area contributed by atoms with E-state index in [2.05, 4.69) is 21.2 Å². The van der Waals surface area contributed by atoms with Gasteiger partial charge in [0.15, 0.2) is 0 Å². The van der Waals surface area contributed by atoms with Gasteiger partial charge in [0, 0.05) is 32.8 Å². The van der Waals surface area contributed by atoms with Crippen LogP contribution in [0.4, 0.5) is 14.9 Å². The molecule has 1 aliphatic rings. The summed E-state index contributed by atoms with van der Waals surface area (Å²) in [6, 6.07) is 18.9. The predicted molar refractivity (Wildman–Crippen MR) is 154 cm³/mol. The number of nitrogens with zero attached hydrogens (tertiary/aromatic N) is 2. The van der Waals surface area contributed by atoms with Crippen LogP contribution in [0.1, 0.15) is 11.1 Å². The molecular weight excluding hydrogens is 585 g/mol. The van der Waals surface area contributed by atoms with Gasteiger partial charge in [-0.2, -0.15) is 0 Å². The molecule has 1 aromatic heterocycles. The number of amides is 3. The number of carbonyl (C=O) groups is 3. The van der Waals surface area contributed by atoms with Crippen LogP contribution < -0.4 is 10.1 Å². The van der Waals surface area contributed by atoms with Crippen molar-refractivity contribution in [3.8, 4) is 5.75 Å². The van der Waals surface area contributed by atoms with E-state index < -0.39 is 29.4 Å². The molecule has 198 valence electrons. The Morgan fingerprint density at radius 1 is 1.10 bits per heavy atom. The molecule has 0 atom stereocenters. The van der Waals surface area contributed by atoms with Crippen molar-refractivity contribution in [2.75, 3.05) is 18.5 Å². The highest BCUT2D eigenvalue weighted by Crippen LogP contribution is 2.35. The first-order valence-electron chi connectivity index (χ1n) is 12.1. The topological polar surface area (TPSA) is 80.6 Å². The zero-order chi connectivity index (χ0) is 27.5. The van der Waals surface area contributed by atoms with Crippen molar-refractivity contribution in [3.05, 3.63) is 99.2 Å². The van der Waals surface area contributed by atoms with E-state index in [9.17, 15) is 18.8 Å². The van der Waals surface area contributed by atoms with E-state index in [4.69, 9.17) is 4.74 Å². The SMILES string of the molecule is Cc1ccccc1OCCn1cc(/C=C2\SC(=O)N(CC(=O)Nc3ccc(F)cc3)C2=O)c2cc(Br)ccc21. The quantitative estimate of drug-likeness (QED) is 0.228. The van der Waals surface area contributed by atoms with Gasteiger partial charge in [0.05, 0.1) is 11.4 Å². The van der Waals surface area contributed by atoms with Gasteiger partial charge < -0.3 is 14.6 Å². The maximum absolute atomic E-state index is 13.1. The van der Waals surface area contributed by atoms with Gasteiger partial charge in [-0.3, -0.25) is 19.3 Å². The molecule has 0 bridgehead atoms. The Kier molecular flexibility index (Phi) is 7.85. The Hall–Kier alpha value is -3.89. The molecule has 1 saturated heterocycles. The van der Waals surface area contributed by atoms with Crippen LogP contribution in [0, 0.1) is 12.7 Å². The highest BCUT2D eigenvalue weighted by Gasteiger charge is 2.36. The minimum absolute atomic E-state index is 0.227. The normalized spacial score (nSPS) is 14.4. The molecule has 3 aromatic carbocycles.